The van der Waals surface area contributed by atoms with E-state index >= 15 is 0 Å². The Labute approximate surface area is 252 Å². The maximum Gasteiger partial charge on any atom is 0.253 e. The second kappa shape index (κ2) is 16.7. The Morgan fingerprint density at radius 3 is 1.45 bits per heavy atom. The molecule has 0 aliphatic rings. The van der Waals surface area contributed by atoms with E-state index in [1.165, 1.54) is 5.56 Å². The van der Waals surface area contributed by atoms with Crippen molar-refractivity contribution in [2.24, 2.45) is 0 Å². The van der Waals surface area contributed by atoms with E-state index < -0.39 is 5.24 Å². The molecule has 0 aliphatic heterocycles. The van der Waals surface area contributed by atoms with Crippen LogP contribution in [0.25, 0.3) is 0 Å². The number of hydrogen-bond acceptors (Lipinski definition) is 4. The summed E-state index contributed by atoms with van der Waals surface area (Å²) in [7, 11) is 3.23. The number of methoxy groups -OCH3 is 2. The summed E-state index contributed by atoms with van der Waals surface area (Å²) in [5.41, 5.74) is 5.65. The van der Waals surface area contributed by atoms with Crippen LogP contribution in [0.15, 0.2) is 78.9 Å². The van der Waals surface area contributed by atoms with Gasteiger partial charge in [-0.3, -0.25) is 9.59 Å². The lowest BCUT2D eigenvalue weighted by atomic mass is 9.99. The Hall–Kier alpha value is -3.31. The predicted octanol–water partition coefficient (Wildman–Crippen LogP) is 9.86. The zero-order valence-electron chi connectivity index (χ0n) is 22.8. The molecule has 0 atom stereocenters. The standard InChI is InChI=1S/C16H15ClO2.C8H6Cl2O.C8H10O.CH4/c1-10-4-6-14(17)12(8-10)16(18)13-9-11(2)5-7-15(13)19-3;1-5-2-3-7(9)6(4-5)8(10)11;1-7-3-5-8(9-2)6-4-7;/h4-9H,1-3H3;2-4H,1H3;3-6H,1-2H3;1H4. The average Bonchev–Trinajstić information content (AvgIpc) is 2.92. The van der Waals surface area contributed by atoms with E-state index in [2.05, 4.69) is 6.92 Å². The van der Waals surface area contributed by atoms with Gasteiger partial charge in [-0.25, -0.2) is 0 Å². The van der Waals surface area contributed by atoms with E-state index in [4.69, 9.17) is 44.3 Å². The Balaban J connectivity index is 0.000000324. The van der Waals surface area contributed by atoms with Crippen LogP contribution in [0.4, 0.5) is 0 Å². The number of benzene rings is 4. The summed E-state index contributed by atoms with van der Waals surface area (Å²) in [6, 6.07) is 24.1. The van der Waals surface area contributed by atoms with Gasteiger partial charge in [0.15, 0.2) is 5.78 Å². The van der Waals surface area contributed by atoms with Gasteiger partial charge in [-0.1, -0.05) is 83.2 Å². The number of hydrogen-bond donors (Lipinski definition) is 0. The molecule has 0 aliphatic carbocycles. The molecular weight excluding hydrogens is 567 g/mol. The second-order valence-corrected chi connectivity index (χ2v) is 9.95. The van der Waals surface area contributed by atoms with Crippen LogP contribution >= 0.6 is 34.8 Å². The van der Waals surface area contributed by atoms with Crippen molar-refractivity contribution >= 4 is 45.8 Å². The van der Waals surface area contributed by atoms with Crippen LogP contribution in [0.5, 0.6) is 11.5 Å². The first kappa shape index (κ1) is 34.7. The largest absolute Gasteiger partial charge is 0.497 e. The monoisotopic (exact) mass is 600 g/mol. The van der Waals surface area contributed by atoms with Crippen molar-refractivity contribution in [3.8, 4) is 11.5 Å². The Kier molecular flexibility index (Phi) is 14.5. The van der Waals surface area contributed by atoms with E-state index in [0.717, 1.165) is 22.4 Å². The fourth-order valence-corrected chi connectivity index (χ4v) is 4.03. The topological polar surface area (TPSA) is 52.6 Å². The molecule has 0 spiro atoms. The molecule has 0 amide bonds. The number of rotatable bonds is 5. The molecule has 0 fully saturated rings. The summed E-state index contributed by atoms with van der Waals surface area (Å²) in [5, 5.41) is 0.341. The molecule has 4 nitrogen and oxygen atoms in total. The summed E-state index contributed by atoms with van der Waals surface area (Å²) < 4.78 is 10.2. The van der Waals surface area contributed by atoms with E-state index in [0.29, 0.717) is 32.5 Å². The second-order valence-electron chi connectivity index (χ2n) is 8.79. The summed E-state index contributed by atoms with van der Waals surface area (Å²) in [6.07, 6.45) is 0. The minimum Gasteiger partial charge on any atom is -0.497 e. The van der Waals surface area contributed by atoms with Gasteiger partial charge in [-0.05, 0) is 87.8 Å². The molecule has 0 heterocycles. The quantitative estimate of drug-likeness (QED) is 0.169. The van der Waals surface area contributed by atoms with Crippen LogP contribution in [0.1, 0.15) is 56.0 Å². The fraction of sp³-hybridized carbons (Fsp3) is 0.212. The minimum atomic E-state index is -0.515. The molecule has 0 radical (unpaired) electrons. The van der Waals surface area contributed by atoms with Gasteiger partial charge in [0.25, 0.3) is 5.24 Å². The number of aryl methyl sites for hydroxylation is 4. The van der Waals surface area contributed by atoms with Crippen LogP contribution < -0.4 is 9.47 Å². The Morgan fingerprint density at radius 2 is 1.00 bits per heavy atom. The minimum absolute atomic E-state index is 0. The molecule has 0 unspecified atom stereocenters. The lowest BCUT2D eigenvalue weighted by molar-refractivity contribution is 0.103. The maximum absolute atomic E-state index is 12.6. The first-order chi connectivity index (χ1) is 18.5. The lowest BCUT2D eigenvalue weighted by Crippen LogP contribution is -2.05. The van der Waals surface area contributed by atoms with Gasteiger partial charge in [0.05, 0.1) is 35.4 Å². The highest BCUT2D eigenvalue weighted by atomic mass is 35.5. The molecule has 0 saturated heterocycles. The molecule has 0 N–H and O–H groups in total. The SMILES string of the molecule is C.COc1ccc(C)cc1.COc1ccc(C)cc1C(=O)c1cc(C)ccc1Cl.Cc1ccc(Cl)c(C(=O)Cl)c1. The summed E-state index contributed by atoms with van der Waals surface area (Å²) in [5.74, 6) is 1.36. The van der Waals surface area contributed by atoms with Crippen molar-refractivity contribution in [3.63, 3.8) is 0 Å². The zero-order valence-corrected chi connectivity index (χ0v) is 25.0. The first-order valence-corrected chi connectivity index (χ1v) is 13.1. The molecular formula is C33H35Cl3O4. The van der Waals surface area contributed by atoms with Crippen LogP contribution in [0.2, 0.25) is 10.0 Å². The number of ether oxygens (including phenoxy) is 2. The molecule has 4 aromatic carbocycles. The van der Waals surface area contributed by atoms with Crippen molar-refractivity contribution < 1.29 is 19.1 Å². The van der Waals surface area contributed by atoms with E-state index in [1.54, 1.807) is 44.6 Å². The number of carbonyl (C=O) groups excluding carboxylic acids is 2. The molecule has 0 saturated carbocycles. The van der Waals surface area contributed by atoms with Crippen LogP contribution in [0, 0.1) is 27.7 Å². The van der Waals surface area contributed by atoms with Crippen LogP contribution in [-0.2, 0) is 0 Å². The van der Waals surface area contributed by atoms with Gasteiger partial charge in [0.2, 0.25) is 0 Å². The molecule has 7 heteroatoms. The third-order valence-corrected chi connectivity index (χ3v) is 6.42. The van der Waals surface area contributed by atoms with Crippen molar-refractivity contribution in [1.29, 1.82) is 0 Å². The van der Waals surface area contributed by atoms with Crippen molar-refractivity contribution in [1.82, 2.24) is 0 Å². The third-order valence-electron chi connectivity index (χ3n) is 5.56. The van der Waals surface area contributed by atoms with Crippen LogP contribution in [-0.4, -0.2) is 25.2 Å². The highest BCUT2D eigenvalue weighted by Crippen LogP contribution is 2.27. The lowest BCUT2D eigenvalue weighted by Gasteiger charge is -2.10. The van der Waals surface area contributed by atoms with Crippen molar-refractivity contribution in [2.75, 3.05) is 14.2 Å². The smallest absolute Gasteiger partial charge is 0.253 e. The van der Waals surface area contributed by atoms with Gasteiger partial charge in [-0.2, -0.15) is 0 Å². The van der Waals surface area contributed by atoms with Gasteiger partial charge in [0, 0.05) is 5.56 Å². The molecule has 0 bridgehead atoms. The number of halogens is 3. The molecule has 0 aromatic heterocycles. The normalized spacial score (nSPS) is 9.62. The molecule has 4 aromatic rings. The van der Waals surface area contributed by atoms with Crippen molar-refractivity contribution in [3.05, 3.63) is 128 Å². The summed E-state index contributed by atoms with van der Waals surface area (Å²) >= 11 is 17.1. The average molecular weight is 602 g/mol. The summed E-state index contributed by atoms with van der Waals surface area (Å²) in [4.78, 5) is 23.3. The Bertz CT molecular complexity index is 1430. The Morgan fingerprint density at radius 1 is 0.575 bits per heavy atom. The zero-order chi connectivity index (χ0) is 29.1. The predicted molar refractivity (Wildman–Crippen MR) is 168 cm³/mol. The van der Waals surface area contributed by atoms with Gasteiger partial charge < -0.3 is 9.47 Å². The molecule has 40 heavy (non-hydrogen) atoms. The fourth-order valence-electron chi connectivity index (χ4n) is 3.42. The van der Waals surface area contributed by atoms with Gasteiger partial charge in [0.1, 0.15) is 11.5 Å². The van der Waals surface area contributed by atoms with Crippen LogP contribution in [0.3, 0.4) is 0 Å². The molecule has 4 rings (SSSR count). The van der Waals surface area contributed by atoms with E-state index in [9.17, 15) is 9.59 Å². The van der Waals surface area contributed by atoms with E-state index in [-0.39, 0.29) is 13.2 Å². The summed E-state index contributed by atoms with van der Waals surface area (Å²) in [6.45, 7) is 7.80. The number of ketones is 1. The molecule has 212 valence electrons. The number of carbonyl (C=O) groups is 2. The first-order valence-electron chi connectivity index (χ1n) is 12.0. The maximum atomic E-state index is 12.6. The van der Waals surface area contributed by atoms with E-state index in [1.807, 2.05) is 69.3 Å². The van der Waals surface area contributed by atoms with Gasteiger partial charge in [-0.15, -0.1) is 0 Å². The van der Waals surface area contributed by atoms with Gasteiger partial charge >= 0.3 is 0 Å². The van der Waals surface area contributed by atoms with Crippen molar-refractivity contribution in [2.45, 2.75) is 35.1 Å². The highest BCUT2D eigenvalue weighted by Gasteiger charge is 2.17. The highest BCUT2D eigenvalue weighted by molar-refractivity contribution is 6.68. The third kappa shape index (κ3) is 10.3.